The van der Waals surface area contributed by atoms with Crippen LogP contribution in [0, 0.1) is 22.7 Å². The van der Waals surface area contributed by atoms with Crippen molar-refractivity contribution in [3.8, 4) is 29.3 Å². The van der Waals surface area contributed by atoms with Crippen molar-refractivity contribution in [2.24, 2.45) is 0 Å². The number of fused-ring (bicyclic) bond motifs is 3. The van der Waals surface area contributed by atoms with Crippen LogP contribution in [0.4, 0.5) is 0 Å². The van der Waals surface area contributed by atoms with Crippen LogP contribution >= 0.6 is 0 Å². The van der Waals surface area contributed by atoms with Gasteiger partial charge in [-0.1, -0.05) is 36.4 Å². The Labute approximate surface area is 195 Å². The second-order valence-corrected chi connectivity index (χ2v) is 8.07. The highest BCUT2D eigenvalue weighted by Gasteiger charge is 2.23. The van der Waals surface area contributed by atoms with Crippen molar-refractivity contribution < 1.29 is 4.74 Å². The largest absolute Gasteiger partial charge is 0.497 e. The van der Waals surface area contributed by atoms with Gasteiger partial charge in [0.15, 0.2) is 0 Å². The Morgan fingerprint density at radius 2 is 1.18 bits per heavy atom. The molecule has 2 aromatic heterocycles. The third kappa shape index (κ3) is 2.71. The number of nitrogens with zero attached hydrogens (tertiary/aromatic N) is 4. The number of methoxy groups -OCH3 is 1. The van der Waals surface area contributed by atoms with E-state index < -0.39 is 0 Å². The smallest absolute Gasteiger partial charge is 0.119 e. The van der Waals surface area contributed by atoms with Gasteiger partial charge in [-0.15, -0.1) is 0 Å². The second kappa shape index (κ2) is 7.55. The Morgan fingerprint density at radius 1 is 0.647 bits per heavy atom. The quantitative estimate of drug-likeness (QED) is 0.318. The zero-order chi connectivity index (χ0) is 23.2. The maximum atomic E-state index is 10.4. The summed E-state index contributed by atoms with van der Waals surface area (Å²) in [5.41, 5.74) is 3.98. The summed E-state index contributed by atoms with van der Waals surface area (Å²) < 4.78 is 9.54. The maximum Gasteiger partial charge on any atom is 0.119 e. The highest BCUT2D eigenvalue weighted by atomic mass is 16.5. The zero-order valence-electron chi connectivity index (χ0n) is 18.4. The van der Waals surface area contributed by atoms with Gasteiger partial charge in [0.1, 0.15) is 17.9 Å². The monoisotopic (exact) mass is 438 g/mol. The minimum atomic E-state index is 0.331. The van der Waals surface area contributed by atoms with E-state index in [9.17, 15) is 10.5 Å². The molecule has 0 saturated heterocycles. The van der Waals surface area contributed by atoms with Crippen LogP contribution in [0.5, 0.6) is 5.75 Å². The molecule has 0 spiro atoms. The second-order valence-electron chi connectivity index (χ2n) is 8.07. The molecule has 4 aromatic carbocycles. The van der Waals surface area contributed by atoms with Crippen molar-refractivity contribution in [3.63, 3.8) is 0 Å². The van der Waals surface area contributed by atoms with Crippen LogP contribution in [0.3, 0.4) is 0 Å². The van der Waals surface area contributed by atoms with Gasteiger partial charge in [0.05, 0.1) is 40.6 Å². The van der Waals surface area contributed by atoms with E-state index in [1.54, 1.807) is 7.11 Å². The molecule has 34 heavy (non-hydrogen) atoms. The first-order valence-corrected chi connectivity index (χ1v) is 10.9. The molecule has 0 aliphatic rings. The van der Waals surface area contributed by atoms with Crippen LogP contribution in [-0.2, 0) is 0 Å². The summed E-state index contributed by atoms with van der Waals surface area (Å²) in [6, 6.07) is 30.6. The molecule has 6 rings (SSSR count). The van der Waals surface area contributed by atoms with E-state index in [1.165, 1.54) is 0 Å². The average Bonchev–Trinajstić information content (AvgIpc) is 3.51. The predicted octanol–water partition coefficient (Wildman–Crippen LogP) is 6.48. The molecule has 0 amide bonds. The van der Waals surface area contributed by atoms with Crippen molar-refractivity contribution in [3.05, 3.63) is 102 Å². The standard InChI is InChI=1S/C29H18N4O/c1-34-21-10-11-22-23(16-21)29(33-15-13-20-7-3-5-9-27(20)33)25(18-31)24(17-30)28(22)32-14-12-19-6-2-4-8-26(19)32/h2-16H,1H3. The van der Waals surface area contributed by atoms with E-state index in [-0.39, 0.29) is 0 Å². The minimum Gasteiger partial charge on any atom is -0.497 e. The van der Waals surface area contributed by atoms with Crippen LogP contribution < -0.4 is 4.74 Å². The van der Waals surface area contributed by atoms with E-state index >= 15 is 0 Å². The Kier molecular flexibility index (Phi) is 4.37. The summed E-state index contributed by atoms with van der Waals surface area (Å²) in [6.07, 6.45) is 3.90. The lowest BCUT2D eigenvalue weighted by Gasteiger charge is -2.19. The topological polar surface area (TPSA) is 66.7 Å². The van der Waals surface area contributed by atoms with Crippen molar-refractivity contribution >= 4 is 32.6 Å². The lowest BCUT2D eigenvalue weighted by Crippen LogP contribution is -2.06. The lowest BCUT2D eigenvalue weighted by atomic mass is 9.95. The summed E-state index contributed by atoms with van der Waals surface area (Å²) >= 11 is 0. The van der Waals surface area contributed by atoms with Gasteiger partial charge in [0, 0.05) is 23.2 Å². The van der Waals surface area contributed by atoms with Crippen LogP contribution in [0.2, 0.25) is 0 Å². The molecule has 0 radical (unpaired) electrons. The summed E-state index contributed by atoms with van der Waals surface area (Å²) in [5.74, 6) is 0.683. The van der Waals surface area contributed by atoms with E-state index in [0.717, 1.165) is 32.6 Å². The fraction of sp³-hybridized carbons (Fsp3) is 0.0345. The number of aromatic nitrogens is 2. The van der Waals surface area contributed by atoms with Gasteiger partial charge in [-0.05, 0) is 53.2 Å². The van der Waals surface area contributed by atoms with E-state index in [2.05, 4.69) is 12.1 Å². The molecule has 0 N–H and O–H groups in total. The molecule has 0 unspecified atom stereocenters. The van der Waals surface area contributed by atoms with Crippen molar-refractivity contribution in [2.75, 3.05) is 7.11 Å². The van der Waals surface area contributed by atoms with Crippen LogP contribution in [-0.4, -0.2) is 16.2 Å². The first-order chi connectivity index (χ1) is 16.7. The Morgan fingerprint density at radius 3 is 1.71 bits per heavy atom. The molecule has 0 saturated carbocycles. The van der Waals surface area contributed by atoms with Gasteiger partial charge in [0.2, 0.25) is 0 Å². The summed E-state index contributed by atoms with van der Waals surface area (Å²) in [6.45, 7) is 0. The predicted molar refractivity (Wildman–Crippen MR) is 134 cm³/mol. The van der Waals surface area contributed by atoms with E-state index in [1.807, 2.05) is 100 Å². The fourth-order valence-electron chi connectivity index (χ4n) is 4.83. The normalized spacial score (nSPS) is 11.0. The van der Waals surface area contributed by atoms with E-state index in [4.69, 9.17) is 4.74 Å². The molecule has 0 atom stereocenters. The summed E-state index contributed by atoms with van der Waals surface area (Å²) in [7, 11) is 1.63. The first kappa shape index (κ1) is 19.7. The van der Waals surface area contributed by atoms with Crippen molar-refractivity contribution in [1.82, 2.24) is 9.13 Å². The fourth-order valence-corrected chi connectivity index (χ4v) is 4.83. The average molecular weight is 438 g/mol. The van der Waals surface area contributed by atoms with Gasteiger partial charge >= 0.3 is 0 Å². The number of hydrogen-bond acceptors (Lipinski definition) is 3. The molecule has 2 heterocycles. The molecular formula is C29H18N4O. The Balaban J connectivity index is 1.83. The number of rotatable bonds is 3. The Bertz CT molecular complexity index is 1830. The molecule has 6 aromatic rings. The van der Waals surface area contributed by atoms with Gasteiger partial charge in [-0.25, -0.2) is 0 Å². The molecule has 0 aliphatic heterocycles. The number of benzene rings is 4. The molecule has 0 fully saturated rings. The molecule has 0 bridgehead atoms. The van der Waals surface area contributed by atoms with Gasteiger partial charge in [-0.2, -0.15) is 10.5 Å². The van der Waals surface area contributed by atoms with Crippen molar-refractivity contribution in [2.45, 2.75) is 0 Å². The van der Waals surface area contributed by atoms with Crippen LogP contribution in [0.1, 0.15) is 11.1 Å². The summed E-state index contributed by atoms with van der Waals surface area (Å²) in [4.78, 5) is 0. The summed E-state index contributed by atoms with van der Waals surface area (Å²) in [5, 5.41) is 24.5. The van der Waals surface area contributed by atoms with E-state index in [0.29, 0.717) is 28.3 Å². The highest BCUT2D eigenvalue weighted by molar-refractivity contribution is 6.04. The van der Waals surface area contributed by atoms with Crippen LogP contribution in [0.25, 0.3) is 44.0 Å². The number of hydrogen-bond donors (Lipinski definition) is 0. The molecule has 0 aliphatic carbocycles. The van der Waals surface area contributed by atoms with Crippen LogP contribution in [0.15, 0.2) is 91.3 Å². The van der Waals surface area contributed by atoms with Gasteiger partial charge in [-0.3, -0.25) is 0 Å². The first-order valence-electron chi connectivity index (χ1n) is 10.9. The van der Waals surface area contributed by atoms with Gasteiger partial charge in [0.25, 0.3) is 0 Å². The molecular weight excluding hydrogens is 420 g/mol. The number of nitriles is 2. The number of ether oxygens (including phenoxy) is 1. The molecule has 5 heteroatoms. The number of para-hydroxylation sites is 2. The molecule has 160 valence electrons. The third-order valence-electron chi connectivity index (χ3n) is 6.36. The maximum absolute atomic E-state index is 10.4. The minimum absolute atomic E-state index is 0.331. The van der Waals surface area contributed by atoms with Gasteiger partial charge < -0.3 is 13.9 Å². The molecule has 5 nitrogen and oxygen atoms in total. The highest BCUT2D eigenvalue weighted by Crippen LogP contribution is 2.39. The third-order valence-corrected chi connectivity index (χ3v) is 6.36. The Hall–Kier alpha value is -5.00. The SMILES string of the molecule is COc1ccc2c(-n3ccc4ccccc43)c(C#N)c(C#N)c(-n3ccc4ccccc43)c2c1. The lowest BCUT2D eigenvalue weighted by molar-refractivity contribution is 0.415. The van der Waals surface area contributed by atoms with Crippen molar-refractivity contribution in [1.29, 1.82) is 10.5 Å². The zero-order valence-corrected chi connectivity index (χ0v) is 18.4.